The second kappa shape index (κ2) is 20.9. The Kier molecular flexibility index (Phi) is 14.7. The lowest BCUT2D eigenvalue weighted by atomic mass is 10.0. The molecule has 0 saturated heterocycles. The minimum atomic E-state index is -4.42. The summed E-state index contributed by atoms with van der Waals surface area (Å²) in [5, 5.41) is 19.5. The molecule has 0 bridgehead atoms. The van der Waals surface area contributed by atoms with Crippen LogP contribution >= 0.6 is 31.9 Å². The Labute approximate surface area is 419 Å². The minimum Gasteiger partial charge on any atom is -0.506 e. The first-order valence-electron chi connectivity index (χ1n) is 21.5. The van der Waals surface area contributed by atoms with Crippen LogP contribution < -0.4 is 4.74 Å². The van der Waals surface area contributed by atoms with Crippen LogP contribution in [0.1, 0.15) is 28.2 Å². The van der Waals surface area contributed by atoms with E-state index >= 15 is 0 Å². The van der Waals surface area contributed by atoms with E-state index in [2.05, 4.69) is 41.8 Å². The molecule has 360 valence electrons. The number of aromatic nitrogens is 2. The molecular formula is C55H38Br2F6N2O6. The van der Waals surface area contributed by atoms with E-state index in [-0.39, 0.29) is 24.0 Å². The smallest absolute Gasteiger partial charge is 0.416 e. The van der Waals surface area contributed by atoms with Gasteiger partial charge in [0.25, 0.3) is 0 Å². The Hall–Kier alpha value is -7.43. The van der Waals surface area contributed by atoms with Crippen molar-refractivity contribution in [1.82, 2.24) is 9.97 Å². The molecule has 0 amide bonds. The van der Waals surface area contributed by atoms with Crippen molar-refractivity contribution in [2.75, 3.05) is 0 Å². The van der Waals surface area contributed by atoms with Crippen LogP contribution in [-0.4, -0.2) is 32.3 Å². The average Bonchev–Trinajstić information content (AvgIpc) is 3.95. The molecular weight excluding hydrogens is 1060 g/mol. The number of ether oxygens (including phenoxy) is 1. The molecule has 0 aliphatic heterocycles. The van der Waals surface area contributed by atoms with Gasteiger partial charge in [-0.3, -0.25) is 0 Å². The van der Waals surface area contributed by atoms with Crippen LogP contribution in [-0.2, 0) is 23.6 Å². The van der Waals surface area contributed by atoms with E-state index in [1.54, 1.807) is 26.0 Å². The van der Waals surface area contributed by atoms with E-state index in [4.69, 9.17) is 13.6 Å². The third kappa shape index (κ3) is 12.0. The first kappa shape index (κ1) is 50.0. The fraction of sp³-hybridized carbons (Fsp3) is 0.109. The number of aliphatic carboxylic acids is 1. The van der Waals surface area contributed by atoms with Gasteiger partial charge in [-0.15, -0.1) is 0 Å². The van der Waals surface area contributed by atoms with Crippen LogP contribution in [0, 0.1) is 13.8 Å². The number of alkyl halides is 6. The number of aryl methyl sites for hydroxylation is 2. The van der Waals surface area contributed by atoms with E-state index < -0.39 is 35.6 Å². The molecule has 8 nitrogen and oxygen atoms in total. The number of aromatic hydroxyl groups is 1. The molecule has 0 saturated carbocycles. The van der Waals surface area contributed by atoms with E-state index in [1.807, 2.05) is 103 Å². The van der Waals surface area contributed by atoms with Gasteiger partial charge in [0.2, 0.25) is 11.8 Å². The van der Waals surface area contributed by atoms with Crippen molar-refractivity contribution in [2.45, 2.75) is 38.7 Å². The molecule has 0 aliphatic rings. The van der Waals surface area contributed by atoms with Crippen LogP contribution in [0.3, 0.4) is 0 Å². The summed E-state index contributed by atoms with van der Waals surface area (Å²) in [6.45, 7) is 3.51. The Morgan fingerprint density at radius 3 is 1.48 bits per heavy atom. The lowest BCUT2D eigenvalue weighted by Gasteiger charge is -2.15. The first-order chi connectivity index (χ1) is 33.8. The molecule has 0 radical (unpaired) electrons. The number of halogens is 8. The number of hydrogen-bond acceptors (Lipinski definition) is 7. The van der Waals surface area contributed by atoms with Gasteiger partial charge in [-0.2, -0.15) is 26.3 Å². The number of phenolic OH excluding ortho intramolecular Hbond substituents is 1. The van der Waals surface area contributed by atoms with E-state index in [9.17, 15) is 41.4 Å². The predicted octanol–water partition coefficient (Wildman–Crippen LogP) is 16.3. The highest BCUT2D eigenvalue weighted by molar-refractivity contribution is 9.11. The number of oxazole rings is 2. The number of nitrogens with zero attached hydrogens (tertiary/aromatic N) is 2. The summed E-state index contributed by atoms with van der Waals surface area (Å²) in [6.07, 6.45) is -9.58. The lowest BCUT2D eigenvalue weighted by molar-refractivity contribution is -0.145. The maximum absolute atomic E-state index is 12.9. The van der Waals surface area contributed by atoms with Gasteiger partial charge in [-0.25, -0.2) is 14.8 Å². The molecule has 1 unspecified atom stereocenters. The standard InChI is InChI=1S/C32H24F3NO4.C23H14Br2F3NO2/c1-20-29(36-30(39-20)23-10-14-26(15-11-23)32(33,34)35)25-9-5-8-24(19-25)22-12-16-27(17-13-22)40-28(31(37)38)18-21-6-3-2-4-7-21;1-12-20(29-22(31-12)15-6-8-17(9-7-15)23(26,27)28)14-4-2-13(3-5-14)16-10-18(24)21(30)19(25)11-16/h2-17,19,28H,18H2,1H3,(H,37,38);2-11,30H,1H3. The lowest BCUT2D eigenvalue weighted by Crippen LogP contribution is -2.29. The molecule has 71 heavy (non-hydrogen) atoms. The summed E-state index contributed by atoms with van der Waals surface area (Å²) in [5.41, 5.74) is 6.75. The maximum atomic E-state index is 12.9. The number of carboxylic acid groups (broad SMARTS) is 1. The maximum Gasteiger partial charge on any atom is 0.416 e. The van der Waals surface area contributed by atoms with Crippen LogP contribution in [0.15, 0.2) is 182 Å². The Morgan fingerprint density at radius 1 is 0.549 bits per heavy atom. The quantitative estimate of drug-likeness (QED) is 0.123. The summed E-state index contributed by atoms with van der Waals surface area (Å²) in [6, 6.07) is 44.8. The number of benzene rings is 7. The normalized spacial score (nSPS) is 12.0. The highest BCUT2D eigenvalue weighted by atomic mass is 79.9. The summed E-state index contributed by atoms with van der Waals surface area (Å²) in [7, 11) is 0. The van der Waals surface area contributed by atoms with Gasteiger partial charge in [-0.1, -0.05) is 84.9 Å². The van der Waals surface area contributed by atoms with Crippen molar-refractivity contribution in [3.05, 3.63) is 201 Å². The van der Waals surface area contributed by atoms with Gasteiger partial charge in [0.15, 0.2) is 6.10 Å². The van der Waals surface area contributed by atoms with Crippen LogP contribution in [0.5, 0.6) is 11.5 Å². The van der Waals surface area contributed by atoms with E-state index in [0.29, 0.717) is 48.7 Å². The zero-order valence-electron chi connectivity index (χ0n) is 37.3. The van der Waals surface area contributed by atoms with Crippen molar-refractivity contribution >= 4 is 37.8 Å². The Balaban J connectivity index is 0.000000197. The molecule has 0 spiro atoms. The summed E-state index contributed by atoms with van der Waals surface area (Å²) >= 11 is 6.66. The largest absolute Gasteiger partial charge is 0.506 e. The fourth-order valence-corrected chi connectivity index (χ4v) is 8.66. The number of carboxylic acids is 1. The molecule has 2 aromatic heterocycles. The van der Waals surface area contributed by atoms with Gasteiger partial charge >= 0.3 is 18.3 Å². The Bertz CT molecular complexity index is 3280. The molecule has 0 fully saturated rings. The van der Waals surface area contributed by atoms with Crippen LogP contribution in [0.25, 0.3) is 67.7 Å². The SMILES string of the molecule is Cc1oc(-c2ccc(C(F)(F)F)cc2)nc1-c1ccc(-c2cc(Br)c(O)c(Br)c2)cc1.Cc1oc(-c2ccc(C(F)(F)F)cc2)nc1-c1cccc(-c2ccc(OC(Cc3ccccc3)C(=O)O)cc2)c1. The summed E-state index contributed by atoms with van der Waals surface area (Å²) in [4.78, 5) is 20.8. The Morgan fingerprint density at radius 2 is 0.986 bits per heavy atom. The molecule has 9 rings (SSSR count). The van der Waals surface area contributed by atoms with Gasteiger partial charge < -0.3 is 23.8 Å². The van der Waals surface area contributed by atoms with Crippen LogP contribution in [0.4, 0.5) is 26.3 Å². The van der Waals surface area contributed by atoms with Gasteiger partial charge in [0.05, 0.1) is 20.1 Å². The van der Waals surface area contributed by atoms with Gasteiger partial charge in [-0.05, 0) is 152 Å². The highest BCUT2D eigenvalue weighted by Crippen LogP contribution is 2.39. The molecule has 2 N–H and O–H groups in total. The van der Waals surface area contributed by atoms with Gasteiger partial charge in [0, 0.05) is 28.7 Å². The van der Waals surface area contributed by atoms with Gasteiger partial charge in [0.1, 0.15) is 34.4 Å². The van der Waals surface area contributed by atoms with Crippen molar-refractivity contribution < 1.29 is 54.9 Å². The van der Waals surface area contributed by atoms with Crippen molar-refractivity contribution in [2.24, 2.45) is 0 Å². The predicted molar refractivity (Wildman–Crippen MR) is 264 cm³/mol. The molecule has 9 aromatic rings. The first-order valence-corrected chi connectivity index (χ1v) is 23.1. The minimum absolute atomic E-state index is 0.134. The number of phenols is 1. The summed E-state index contributed by atoms with van der Waals surface area (Å²) < 4.78 is 95.5. The van der Waals surface area contributed by atoms with E-state index in [1.165, 1.54) is 24.3 Å². The zero-order chi connectivity index (χ0) is 50.6. The molecule has 1 atom stereocenters. The van der Waals surface area contributed by atoms with E-state index in [0.717, 1.165) is 63.2 Å². The van der Waals surface area contributed by atoms with Crippen molar-refractivity contribution in [3.8, 4) is 79.2 Å². The second-order valence-electron chi connectivity index (χ2n) is 16.1. The fourth-order valence-electron chi connectivity index (χ4n) is 7.48. The highest BCUT2D eigenvalue weighted by Gasteiger charge is 2.31. The third-order valence-corrected chi connectivity index (χ3v) is 12.4. The molecule has 2 heterocycles. The number of carbonyl (C=O) groups is 1. The third-order valence-electron chi connectivity index (χ3n) is 11.2. The van der Waals surface area contributed by atoms with Crippen LogP contribution in [0.2, 0.25) is 0 Å². The zero-order valence-corrected chi connectivity index (χ0v) is 40.5. The second-order valence-corrected chi connectivity index (χ2v) is 17.8. The van der Waals surface area contributed by atoms with Crippen molar-refractivity contribution in [1.29, 1.82) is 0 Å². The van der Waals surface area contributed by atoms with Crippen molar-refractivity contribution in [3.63, 3.8) is 0 Å². The molecule has 0 aliphatic carbocycles. The topological polar surface area (TPSA) is 119 Å². The number of hydrogen-bond donors (Lipinski definition) is 2. The summed E-state index contributed by atoms with van der Waals surface area (Å²) in [5.74, 6) is 1.13. The average molecular weight is 1100 g/mol. The molecule has 16 heteroatoms. The molecule has 7 aromatic carbocycles. The number of rotatable bonds is 11. The monoisotopic (exact) mass is 1090 g/mol.